The average Bonchev–Trinajstić information content (AvgIpc) is 2.61. The van der Waals surface area contributed by atoms with E-state index in [1.807, 2.05) is 18.2 Å². The number of nitrogens with zero attached hydrogens (tertiary/aromatic N) is 2. The van der Waals surface area contributed by atoms with Gasteiger partial charge in [0.15, 0.2) is 0 Å². The summed E-state index contributed by atoms with van der Waals surface area (Å²) in [5, 5.41) is 0. The number of piperidine rings is 1. The van der Waals surface area contributed by atoms with Crippen molar-refractivity contribution in [3.63, 3.8) is 0 Å². The number of rotatable bonds is 4. The zero-order valence-corrected chi connectivity index (χ0v) is 13.8. The summed E-state index contributed by atoms with van der Waals surface area (Å²) in [7, 11) is 0. The Kier molecular flexibility index (Phi) is 5.76. The summed E-state index contributed by atoms with van der Waals surface area (Å²) in [5.41, 5.74) is 0. The van der Waals surface area contributed by atoms with E-state index in [-0.39, 0.29) is 5.91 Å². The molecule has 1 aromatic rings. The molecule has 1 amide bonds. The maximum absolute atomic E-state index is 12.5. The van der Waals surface area contributed by atoms with E-state index in [0.29, 0.717) is 11.8 Å². The average molecular weight is 320 g/mol. The van der Waals surface area contributed by atoms with Crippen molar-refractivity contribution in [2.24, 2.45) is 0 Å². The highest BCUT2D eigenvalue weighted by Gasteiger charge is 2.28. The van der Waals surface area contributed by atoms with Crippen LogP contribution in [0, 0.1) is 0 Å². The standard InChI is InChI=1S/C17H24N2O2S/c20-17(14-22-16-6-2-1-3-7-16)19-8-4-5-15(13-19)18-9-11-21-12-10-18/h1-3,6-7,15H,4-5,8-14H2/t15-/m1/s1. The van der Waals surface area contributed by atoms with Crippen molar-refractivity contribution in [1.29, 1.82) is 0 Å². The fourth-order valence-electron chi connectivity index (χ4n) is 3.18. The number of amides is 1. The number of likely N-dealkylation sites (tertiary alicyclic amines) is 1. The van der Waals surface area contributed by atoms with Crippen molar-refractivity contribution in [1.82, 2.24) is 9.80 Å². The lowest BCUT2D eigenvalue weighted by molar-refractivity contribution is -0.130. The second-order valence-electron chi connectivity index (χ2n) is 5.89. The van der Waals surface area contributed by atoms with Gasteiger partial charge >= 0.3 is 0 Å². The van der Waals surface area contributed by atoms with Crippen molar-refractivity contribution in [3.8, 4) is 0 Å². The third kappa shape index (κ3) is 4.24. The van der Waals surface area contributed by atoms with Crippen LogP contribution in [0.25, 0.3) is 0 Å². The SMILES string of the molecule is O=C(CSc1ccccc1)N1CCC[C@@H](N2CCOCC2)C1. The van der Waals surface area contributed by atoms with Crippen molar-refractivity contribution >= 4 is 17.7 Å². The number of thioether (sulfide) groups is 1. The van der Waals surface area contributed by atoms with Gasteiger partial charge in [-0.2, -0.15) is 0 Å². The molecular formula is C17H24N2O2S. The quantitative estimate of drug-likeness (QED) is 0.796. The molecule has 2 heterocycles. The molecule has 0 radical (unpaired) electrons. The smallest absolute Gasteiger partial charge is 0.232 e. The molecule has 1 atom stereocenters. The van der Waals surface area contributed by atoms with E-state index in [2.05, 4.69) is 21.9 Å². The fourth-order valence-corrected chi connectivity index (χ4v) is 4.00. The van der Waals surface area contributed by atoms with Gasteiger partial charge in [-0.05, 0) is 25.0 Å². The van der Waals surface area contributed by atoms with Gasteiger partial charge in [-0.3, -0.25) is 9.69 Å². The van der Waals surface area contributed by atoms with E-state index < -0.39 is 0 Å². The molecule has 22 heavy (non-hydrogen) atoms. The van der Waals surface area contributed by atoms with Gasteiger partial charge in [-0.1, -0.05) is 18.2 Å². The lowest BCUT2D eigenvalue weighted by Gasteiger charge is -2.40. The molecule has 0 N–H and O–H groups in total. The van der Waals surface area contributed by atoms with Crippen molar-refractivity contribution in [2.45, 2.75) is 23.8 Å². The lowest BCUT2D eigenvalue weighted by Crippen LogP contribution is -2.53. The maximum Gasteiger partial charge on any atom is 0.232 e. The van der Waals surface area contributed by atoms with Crippen LogP contribution in [0.3, 0.4) is 0 Å². The van der Waals surface area contributed by atoms with E-state index in [4.69, 9.17) is 4.74 Å². The van der Waals surface area contributed by atoms with E-state index in [0.717, 1.165) is 50.7 Å². The Bertz CT molecular complexity index is 477. The third-order valence-corrected chi connectivity index (χ3v) is 5.41. The zero-order chi connectivity index (χ0) is 15.2. The molecule has 0 aromatic heterocycles. The number of carbonyl (C=O) groups is 1. The molecule has 120 valence electrons. The molecule has 4 nitrogen and oxygen atoms in total. The van der Waals surface area contributed by atoms with Crippen LogP contribution in [0.4, 0.5) is 0 Å². The maximum atomic E-state index is 12.5. The van der Waals surface area contributed by atoms with Gasteiger partial charge < -0.3 is 9.64 Å². The highest BCUT2D eigenvalue weighted by atomic mass is 32.2. The minimum atomic E-state index is 0.270. The summed E-state index contributed by atoms with van der Waals surface area (Å²) in [6, 6.07) is 10.7. The normalized spacial score (nSPS) is 23.5. The van der Waals surface area contributed by atoms with Crippen molar-refractivity contribution in [3.05, 3.63) is 30.3 Å². The highest BCUT2D eigenvalue weighted by Crippen LogP contribution is 2.21. The Morgan fingerprint density at radius 2 is 1.95 bits per heavy atom. The van der Waals surface area contributed by atoms with Gasteiger partial charge in [-0.15, -0.1) is 11.8 Å². The Labute approximate surface area is 136 Å². The number of morpholine rings is 1. The second-order valence-corrected chi connectivity index (χ2v) is 6.93. The first-order chi connectivity index (χ1) is 10.8. The summed E-state index contributed by atoms with van der Waals surface area (Å²) in [5.74, 6) is 0.812. The van der Waals surface area contributed by atoms with Crippen molar-refractivity contribution < 1.29 is 9.53 Å². The molecule has 0 spiro atoms. The number of hydrogen-bond acceptors (Lipinski definition) is 4. The summed E-state index contributed by atoms with van der Waals surface area (Å²) >= 11 is 1.63. The van der Waals surface area contributed by atoms with Crippen LogP contribution in [0.2, 0.25) is 0 Å². The lowest BCUT2D eigenvalue weighted by atomic mass is 10.0. The van der Waals surface area contributed by atoms with Gasteiger partial charge in [0.2, 0.25) is 5.91 Å². The summed E-state index contributed by atoms with van der Waals surface area (Å²) < 4.78 is 5.43. The molecule has 3 rings (SSSR count). The van der Waals surface area contributed by atoms with Crippen LogP contribution in [0.1, 0.15) is 12.8 Å². The predicted octanol–water partition coefficient (Wildman–Crippen LogP) is 2.10. The molecule has 2 aliphatic rings. The number of hydrogen-bond donors (Lipinski definition) is 0. The van der Waals surface area contributed by atoms with Gasteiger partial charge in [0.05, 0.1) is 19.0 Å². The summed E-state index contributed by atoms with van der Waals surface area (Å²) in [6.45, 7) is 5.46. The Morgan fingerprint density at radius 3 is 2.73 bits per heavy atom. The highest BCUT2D eigenvalue weighted by molar-refractivity contribution is 8.00. The molecule has 5 heteroatoms. The predicted molar refractivity (Wildman–Crippen MR) is 89.2 cm³/mol. The molecule has 0 saturated carbocycles. The van der Waals surface area contributed by atoms with Crippen LogP contribution in [-0.2, 0) is 9.53 Å². The number of carbonyl (C=O) groups excluding carboxylic acids is 1. The first-order valence-electron chi connectivity index (χ1n) is 8.10. The Balaban J connectivity index is 1.49. The summed E-state index contributed by atoms with van der Waals surface area (Å²) in [4.78, 5) is 18.2. The minimum Gasteiger partial charge on any atom is -0.379 e. The van der Waals surface area contributed by atoms with Gasteiger partial charge in [0.25, 0.3) is 0 Å². The first-order valence-corrected chi connectivity index (χ1v) is 9.09. The molecule has 0 unspecified atom stereocenters. The van der Waals surface area contributed by atoms with Crippen molar-refractivity contribution in [2.75, 3.05) is 45.1 Å². The van der Waals surface area contributed by atoms with E-state index >= 15 is 0 Å². The van der Waals surface area contributed by atoms with Gasteiger partial charge in [-0.25, -0.2) is 0 Å². The minimum absolute atomic E-state index is 0.270. The van der Waals surface area contributed by atoms with E-state index in [1.165, 1.54) is 6.42 Å². The summed E-state index contributed by atoms with van der Waals surface area (Å²) in [6.07, 6.45) is 2.32. The monoisotopic (exact) mass is 320 g/mol. The molecule has 1 aromatic carbocycles. The molecule has 2 aliphatic heterocycles. The first kappa shape index (κ1) is 15.8. The molecule has 2 saturated heterocycles. The van der Waals surface area contributed by atoms with Crippen LogP contribution < -0.4 is 0 Å². The Morgan fingerprint density at radius 1 is 1.18 bits per heavy atom. The largest absolute Gasteiger partial charge is 0.379 e. The Hall–Kier alpha value is -1.04. The number of benzene rings is 1. The molecule has 2 fully saturated rings. The van der Waals surface area contributed by atoms with Crippen LogP contribution >= 0.6 is 11.8 Å². The molecule has 0 bridgehead atoms. The molecular weight excluding hydrogens is 296 g/mol. The van der Waals surface area contributed by atoms with Crippen LogP contribution in [-0.4, -0.2) is 66.9 Å². The van der Waals surface area contributed by atoms with E-state index in [9.17, 15) is 4.79 Å². The fraction of sp³-hybridized carbons (Fsp3) is 0.588. The molecule has 0 aliphatic carbocycles. The van der Waals surface area contributed by atoms with Gasteiger partial charge in [0, 0.05) is 37.1 Å². The third-order valence-electron chi connectivity index (χ3n) is 4.42. The second kappa shape index (κ2) is 7.99. The van der Waals surface area contributed by atoms with Gasteiger partial charge in [0.1, 0.15) is 0 Å². The van der Waals surface area contributed by atoms with E-state index in [1.54, 1.807) is 11.8 Å². The zero-order valence-electron chi connectivity index (χ0n) is 12.9. The topological polar surface area (TPSA) is 32.8 Å². The number of ether oxygens (including phenoxy) is 1. The van der Waals surface area contributed by atoms with Crippen LogP contribution in [0.5, 0.6) is 0 Å². The van der Waals surface area contributed by atoms with Crippen LogP contribution in [0.15, 0.2) is 35.2 Å².